The first-order valence-electron chi connectivity index (χ1n) is 9.02. The summed E-state index contributed by atoms with van der Waals surface area (Å²) in [5.74, 6) is -0.294. The van der Waals surface area contributed by atoms with Gasteiger partial charge in [0.2, 0.25) is 5.91 Å². The summed E-state index contributed by atoms with van der Waals surface area (Å²) >= 11 is 0. The minimum absolute atomic E-state index is 0.000960. The number of hydrogen-bond acceptors (Lipinski definition) is 5. The van der Waals surface area contributed by atoms with Gasteiger partial charge in [0.1, 0.15) is 0 Å². The zero-order chi connectivity index (χ0) is 18.7. The molecule has 0 atom stereocenters. The van der Waals surface area contributed by atoms with E-state index in [0.717, 1.165) is 38.2 Å². The molecule has 0 radical (unpaired) electrons. The molecule has 6 nitrogen and oxygen atoms in total. The van der Waals surface area contributed by atoms with Crippen LogP contribution in [0.3, 0.4) is 0 Å². The normalized spacial score (nSPS) is 14.3. The Kier molecular flexibility index (Phi) is 9.62. The zero-order valence-corrected chi connectivity index (χ0v) is 15.8. The first-order valence-corrected chi connectivity index (χ1v) is 9.02. The van der Waals surface area contributed by atoms with Gasteiger partial charge >= 0.3 is 5.97 Å². The number of rotatable bonds is 6. The number of methoxy groups -OCH3 is 1. The number of piperidine rings is 1. The maximum atomic E-state index is 11.9. The maximum Gasteiger partial charge on any atom is 0.339 e. The van der Waals surface area contributed by atoms with E-state index in [2.05, 4.69) is 15.5 Å². The van der Waals surface area contributed by atoms with E-state index in [1.54, 1.807) is 6.07 Å². The van der Waals surface area contributed by atoms with Crippen molar-refractivity contribution >= 4 is 17.6 Å². The van der Waals surface area contributed by atoms with Gasteiger partial charge in [0, 0.05) is 39.1 Å². The van der Waals surface area contributed by atoms with Crippen LogP contribution in [0, 0.1) is 0 Å². The fourth-order valence-corrected chi connectivity index (χ4v) is 2.87. The maximum absolute atomic E-state index is 11.9. The van der Waals surface area contributed by atoms with Crippen molar-refractivity contribution in [3.05, 3.63) is 29.8 Å². The van der Waals surface area contributed by atoms with Crippen LogP contribution in [0.1, 0.15) is 44.0 Å². The first kappa shape index (κ1) is 21.0. The van der Waals surface area contributed by atoms with E-state index in [1.165, 1.54) is 14.0 Å². The average Bonchev–Trinajstić information content (AvgIpc) is 2.66. The number of amides is 1. The lowest BCUT2D eigenvalue weighted by atomic mass is 10.0. The fraction of sp³-hybridized carbons (Fsp3) is 0.579. The Morgan fingerprint density at radius 3 is 2.40 bits per heavy atom. The molecule has 1 fully saturated rings. The van der Waals surface area contributed by atoms with Crippen molar-refractivity contribution in [3.8, 4) is 0 Å². The highest BCUT2D eigenvalue weighted by Gasteiger charge is 2.22. The van der Waals surface area contributed by atoms with Crippen LogP contribution in [0.15, 0.2) is 24.3 Å². The molecule has 2 N–H and O–H groups in total. The van der Waals surface area contributed by atoms with Gasteiger partial charge in [0.15, 0.2) is 0 Å². The second-order valence-electron chi connectivity index (χ2n) is 5.71. The van der Waals surface area contributed by atoms with Crippen molar-refractivity contribution in [2.45, 2.75) is 39.7 Å². The summed E-state index contributed by atoms with van der Waals surface area (Å²) in [6, 6.07) is 8.02. The number of nitrogens with zero attached hydrogens (tertiary/aromatic N) is 1. The van der Waals surface area contributed by atoms with Crippen LogP contribution < -0.4 is 15.5 Å². The quantitative estimate of drug-likeness (QED) is 0.609. The third-order valence-electron chi connectivity index (χ3n) is 4.08. The van der Waals surface area contributed by atoms with Crippen molar-refractivity contribution in [3.63, 3.8) is 0 Å². The number of esters is 1. The molecule has 1 saturated heterocycles. The molecule has 1 aliphatic rings. The largest absolute Gasteiger partial charge is 0.465 e. The lowest BCUT2D eigenvalue weighted by molar-refractivity contribution is -0.118. The molecule has 0 saturated carbocycles. The SMILES string of the molecule is CC.COC(=O)c1ccccc1N1CCC(NCCNC(C)=O)CC1. The molecular formula is C19H31N3O3. The summed E-state index contributed by atoms with van der Waals surface area (Å²) in [4.78, 5) is 24.9. The lowest BCUT2D eigenvalue weighted by Crippen LogP contribution is -2.44. The van der Waals surface area contributed by atoms with Crippen LogP contribution in [0.4, 0.5) is 5.69 Å². The van der Waals surface area contributed by atoms with Gasteiger partial charge in [-0.3, -0.25) is 4.79 Å². The van der Waals surface area contributed by atoms with Gasteiger partial charge in [-0.25, -0.2) is 4.79 Å². The van der Waals surface area contributed by atoms with E-state index >= 15 is 0 Å². The Hall–Kier alpha value is -2.08. The summed E-state index contributed by atoms with van der Waals surface area (Å²) in [6.45, 7) is 8.75. The Morgan fingerprint density at radius 2 is 1.80 bits per heavy atom. The third kappa shape index (κ3) is 6.74. The first-order chi connectivity index (χ1) is 12.1. The minimum Gasteiger partial charge on any atom is -0.465 e. The number of anilines is 1. The van der Waals surface area contributed by atoms with Crippen LogP contribution >= 0.6 is 0 Å². The smallest absolute Gasteiger partial charge is 0.339 e. The van der Waals surface area contributed by atoms with Gasteiger partial charge in [-0.15, -0.1) is 0 Å². The molecular weight excluding hydrogens is 318 g/mol. The molecule has 0 bridgehead atoms. The number of ether oxygens (including phenoxy) is 1. The number of benzene rings is 1. The van der Waals surface area contributed by atoms with Crippen molar-refractivity contribution in [1.29, 1.82) is 0 Å². The molecule has 1 aliphatic heterocycles. The molecule has 1 aromatic carbocycles. The topological polar surface area (TPSA) is 70.7 Å². The molecule has 0 spiro atoms. The molecule has 25 heavy (non-hydrogen) atoms. The van der Waals surface area contributed by atoms with Crippen LogP contribution in [0.25, 0.3) is 0 Å². The van der Waals surface area contributed by atoms with Gasteiger partial charge in [-0.2, -0.15) is 0 Å². The predicted molar refractivity (Wildman–Crippen MR) is 101 cm³/mol. The van der Waals surface area contributed by atoms with Gasteiger partial charge in [-0.1, -0.05) is 26.0 Å². The lowest BCUT2D eigenvalue weighted by Gasteiger charge is -2.34. The number of hydrogen-bond donors (Lipinski definition) is 2. The number of carbonyl (C=O) groups is 2. The molecule has 6 heteroatoms. The van der Waals surface area contributed by atoms with E-state index < -0.39 is 0 Å². The Balaban J connectivity index is 0.00000151. The average molecular weight is 349 g/mol. The molecule has 2 rings (SSSR count). The number of nitrogens with one attached hydrogen (secondary N) is 2. The van der Waals surface area contributed by atoms with E-state index in [9.17, 15) is 9.59 Å². The van der Waals surface area contributed by atoms with E-state index in [1.807, 2.05) is 32.0 Å². The summed E-state index contributed by atoms with van der Waals surface area (Å²) in [5, 5.41) is 6.25. The van der Waals surface area contributed by atoms with Crippen molar-refractivity contribution in [1.82, 2.24) is 10.6 Å². The van der Waals surface area contributed by atoms with Gasteiger partial charge in [0.25, 0.3) is 0 Å². The van der Waals surface area contributed by atoms with E-state index in [-0.39, 0.29) is 11.9 Å². The minimum atomic E-state index is -0.295. The summed E-state index contributed by atoms with van der Waals surface area (Å²) < 4.78 is 4.86. The highest BCUT2D eigenvalue weighted by atomic mass is 16.5. The second kappa shape index (κ2) is 11.5. The van der Waals surface area contributed by atoms with Crippen LogP contribution in [0.2, 0.25) is 0 Å². The highest BCUT2D eigenvalue weighted by molar-refractivity contribution is 5.95. The summed E-state index contributed by atoms with van der Waals surface area (Å²) in [5.41, 5.74) is 1.56. The van der Waals surface area contributed by atoms with Crippen molar-refractivity contribution < 1.29 is 14.3 Å². The van der Waals surface area contributed by atoms with Crippen LogP contribution in [0.5, 0.6) is 0 Å². The van der Waals surface area contributed by atoms with E-state index in [4.69, 9.17) is 4.74 Å². The fourth-order valence-electron chi connectivity index (χ4n) is 2.87. The highest BCUT2D eigenvalue weighted by Crippen LogP contribution is 2.24. The second-order valence-corrected chi connectivity index (χ2v) is 5.71. The van der Waals surface area contributed by atoms with Crippen molar-refractivity contribution in [2.75, 3.05) is 38.2 Å². The standard InChI is InChI=1S/C17H25N3O3.C2H6/c1-13(21)18-9-10-19-14-7-11-20(12-8-14)16-6-4-3-5-15(16)17(22)23-2;1-2/h3-6,14,19H,7-12H2,1-2H3,(H,18,21);1-2H3. The molecule has 140 valence electrons. The van der Waals surface area contributed by atoms with E-state index in [0.29, 0.717) is 18.2 Å². The summed E-state index contributed by atoms with van der Waals surface area (Å²) in [6.07, 6.45) is 2.02. The Labute approximate surface area is 150 Å². The summed E-state index contributed by atoms with van der Waals surface area (Å²) in [7, 11) is 1.41. The molecule has 1 aromatic rings. The van der Waals surface area contributed by atoms with Crippen LogP contribution in [-0.4, -0.2) is 51.2 Å². The Bertz CT molecular complexity index is 540. The van der Waals surface area contributed by atoms with Crippen molar-refractivity contribution in [2.24, 2.45) is 0 Å². The zero-order valence-electron chi connectivity index (χ0n) is 15.8. The van der Waals surface area contributed by atoms with Gasteiger partial charge < -0.3 is 20.3 Å². The predicted octanol–water partition coefficient (Wildman–Crippen LogP) is 2.19. The molecule has 0 aromatic heterocycles. The molecule has 0 aliphatic carbocycles. The molecule has 1 amide bonds. The number of carbonyl (C=O) groups excluding carboxylic acids is 2. The molecule has 0 unspecified atom stereocenters. The van der Waals surface area contributed by atoms with Gasteiger partial charge in [0.05, 0.1) is 18.4 Å². The monoisotopic (exact) mass is 349 g/mol. The van der Waals surface area contributed by atoms with Gasteiger partial charge in [-0.05, 0) is 25.0 Å². The number of para-hydroxylation sites is 1. The Morgan fingerprint density at radius 1 is 1.16 bits per heavy atom. The third-order valence-corrected chi connectivity index (χ3v) is 4.08. The van der Waals surface area contributed by atoms with Crippen LogP contribution in [-0.2, 0) is 9.53 Å². The molecule has 1 heterocycles.